The first-order valence-electron chi connectivity index (χ1n) is 13.1. The number of benzene rings is 2. The molecule has 3 nitrogen and oxygen atoms in total. The third kappa shape index (κ3) is 8.62. The fraction of sp³-hybridized carbons (Fsp3) is 0.206. The minimum absolute atomic E-state index is 0. The normalized spacial score (nSPS) is 10.8. The molecule has 5 rings (SSSR count). The van der Waals surface area contributed by atoms with Gasteiger partial charge in [0, 0.05) is 32.5 Å². The molecule has 3 heterocycles. The third-order valence-corrected chi connectivity index (χ3v) is 8.23. The molecule has 0 fully saturated rings. The van der Waals surface area contributed by atoms with E-state index in [4.69, 9.17) is 0 Å². The van der Waals surface area contributed by atoms with Gasteiger partial charge in [-0.15, -0.1) is 53.6 Å². The summed E-state index contributed by atoms with van der Waals surface area (Å²) in [5.41, 5.74) is 7.69. The molecule has 0 aliphatic carbocycles. The van der Waals surface area contributed by atoms with E-state index in [2.05, 4.69) is 97.2 Å². The molecule has 2 aromatic carbocycles. The molecule has 0 atom stereocenters. The van der Waals surface area contributed by atoms with E-state index < -0.39 is 8.07 Å². The Kier molecular flexibility index (Phi) is 11.1. The van der Waals surface area contributed by atoms with Crippen LogP contribution in [0.25, 0.3) is 33.6 Å². The van der Waals surface area contributed by atoms with Crippen LogP contribution < -0.4 is 5.19 Å². The number of pyridine rings is 3. The summed E-state index contributed by atoms with van der Waals surface area (Å²) in [6.45, 7) is 11.7. The van der Waals surface area contributed by atoms with Crippen LogP contribution in [-0.2, 0) is 26.5 Å². The molecule has 1 radical (unpaired) electrons. The van der Waals surface area contributed by atoms with Gasteiger partial charge in [-0.25, -0.2) is 0 Å². The van der Waals surface area contributed by atoms with Crippen molar-refractivity contribution < 1.29 is 20.1 Å². The summed E-state index contributed by atoms with van der Waals surface area (Å²) in [5.74, 6) is 0.667. The number of hydrogen-bond acceptors (Lipinski definition) is 3. The van der Waals surface area contributed by atoms with E-state index in [0.29, 0.717) is 5.92 Å². The van der Waals surface area contributed by atoms with Crippen LogP contribution in [0.15, 0.2) is 104 Å². The van der Waals surface area contributed by atoms with Crippen molar-refractivity contribution >= 4 is 13.3 Å². The van der Waals surface area contributed by atoms with Crippen molar-refractivity contribution in [2.45, 2.75) is 39.9 Å². The molecule has 0 N–H and O–H groups in total. The molecule has 0 saturated carbocycles. The molecule has 5 heteroatoms. The van der Waals surface area contributed by atoms with Crippen LogP contribution in [0.4, 0.5) is 0 Å². The summed E-state index contributed by atoms with van der Waals surface area (Å²) >= 11 is 0. The summed E-state index contributed by atoms with van der Waals surface area (Å²) in [5, 5.41) is 1.49. The van der Waals surface area contributed by atoms with Crippen molar-refractivity contribution in [1.29, 1.82) is 0 Å². The molecule has 39 heavy (non-hydrogen) atoms. The Bertz CT molecular complexity index is 1360. The second-order valence-corrected chi connectivity index (χ2v) is 15.9. The summed E-state index contributed by atoms with van der Waals surface area (Å²) in [7, 11) is -1.34. The Morgan fingerprint density at radius 2 is 1.46 bits per heavy atom. The Hall–Kier alpha value is -3.24. The van der Waals surface area contributed by atoms with Crippen molar-refractivity contribution in [3.8, 4) is 33.6 Å². The van der Waals surface area contributed by atoms with Gasteiger partial charge in [0.1, 0.15) is 0 Å². The standard InChI is InChI=1S/C18H24NSi.C16H11N2.Ir/c1-14(2)11-16-12-17(15-9-7-6-8-10-15)19-13-18(16)20(3,4)5;1-2-5-13(6-3-1)14-8-9-16(18-12-14)15-7-4-10-17-11-15;/h6-9,12-14H,11H2,1-5H3;1-10,12H;/q2*-1;. The molecule has 0 unspecified atom stereocenters. The molecular weight excluding hydrogens is 671 g/mol. The fourth-order valence-electron chi connectivity index (χ4n) is 4.30. The topological polar surface area (TPSA) is 38.7 Å². The first-order chi connectivity index (χ1) is 18.3. The van der Waals surface area contributed by atoms with E-state index in [1.807, 2.05) is 60.8 Å². The summed E-state index contributed by atoms with van der Waals surface area (Å²) in [4.78, 5) is 13.1. The van der Waals surface area contributed by atoms with E-state index in [1.165, 1.54) is 16.3 Å². The second-order valence-electron chi connectivity index (χ2n) is 10.8. The maximum absolute atomic E-state index is 4.69. The van der Waals surface area contributed by atoms with Crippen LogP contribution in [0.2, 0.25) is 19.6 Å². The van der Waals surface area contributed by atoms with E-state index in [-0.39, 0.29) is 20.1 Å². The van der Waals surface area contributed by atoms with Gasteiger partial charge in [-0.05, 0) is 46.2 Å². The molecule has 0 aliphatic rings. The molecule has 5 aromatic rings. The van der Waals surface area contributed by atoms with Gasteiger partial charge in [0.25, 0.3) is 0 Å². The zero-order valence-electron chi connectivity index (χ0n) is 23.3. The quantitative estimate of drug-likeness (QED) is 0.133. The van der Waals surface area contributed by atoms with E-state index in [9.17, 15) is 0 Å². The minimum atomic E-state index is -1.34. The van der Waals surface area contributed by atoms with Crippen molar-refractivity contribution in [1.82, 2.24) is 15.0 Å². The van der Waals surface area contributed by atoms with Gasteiger partial charge in [-0.1, -0.05) is 93.8 Å². The molecule has 0 aliphatic heterocycles. The molecular formula is C34H35IrN3Si-2. The van der Waals surface area contributed by atoms with E-state index >= 15 is 0 Å². The van der Waals surface area contributed by atoms with Crippen LogP contribution in [0.3, 0.4) is 0 Å². The average molecular weight is 706 g/mol. The Balaban J connectivity index is 0.000000211. The van der Waals surface area contributed by atoms with Crippen LogP contribution >= 0.6 is 0 Å². The summed E-state index contributed by atoms with van der Waals surface area (Å²) in [6, 6.07) is 31.7. The predicted molar refractivity (Wildman–Crippen MR) is 162 cm³/mol. The predicted octanol–water partition coefficient (Wildman–Crippen LogP) is 7.90. The molecule has 0 spiro atoms. The number of rotatable bonds is 6. The van der Waals surface area contributed by atoms with Crippen LogP contribution in [0.5, 0.6) is 0 Å². The molecule has 0 amide bonds. The number of nitrogens with zero attached hydrogens (tertiary/aromatic N) is 3. The maximum Gasteiger partial charge on any atom is 0.0798 e. The molecule has 201 valence electrons. The van der Waals surface area contributed by atoms with Gasteiger partial charge in [-0.2, -0.15) is 0 Å². The van der Waals surface area contributed by atoms with Crippen molar-refractivity contribution in [3.63, 3.8) is 0 Å². The number of aromatic nitrogens is 3. The van der Waals surface area contributed by atoms with Gasteiger partial charge in [0.05, 0.1) is 8.07 Å². The van der Waals surface area contributed by atoms with Gasteiger partial charge in [-0.3, -0.25) is 0 Å². The smallest absolute Gasteiger partial charge is 0.0798 e. The molecule has 3 aromatic heterocycles. The molecule has 0 saturated heterocycles. The van der Waals surface area contributed by atoms with Crippen molar-refractivity contribution in [2.24, 2.45) is 5.92 Å². The zero-order chi connectivity index (χ0) is 27.0. The van der Waals surface area contributed by atoms with E-state index in [1.54, 1.807) is 6.20 Å². The Morgan fingerprint density at radius 1 is 0.744 bits per heavy atom. The van der Waals surface area contributed by atoms with Crippen LogP contribution in [0, 0.1) is 18.2 Å². The van der Waals surface area contributed by atoms with Gasteiger partial charge >= 0.3 is 0 Å². The first kappa shape index (κ1) is 30.3. The second kappa shape index (κ2) is 14.2. The van der Waals surface area contributed by atoms with Gasteiger partial charge in [0.15, 0.2) is 0 Å². The summed E-state index contributed by atoms with van der Waals surface area (Å²) in [6.07, 6.45) is 9.76. The monoisotopic (exact) mass is 706 g/mol. The fourth-order valence-corrected chi connectivity index (χ4v) is 5.89. The van der Waals surface area contributed by atoms with Crippen molar-refractivity contribution in [2.75, 3.05) is 0 Å². The first-order valence-corrected chi connectivity index (χ1v) is 16.6. The third-order valence-electron chi connectivity index (χ3n) is 6.17. The largest absolute Gasteiger partial charge is 0.360 e. The SMILES string of the molecule is CC(C)Cc1cc(-c2[c-]cccc2)ncc1[Si](C)(C)C.[Ir].[c-]1ncccc1-c1ccc(-c2ccccc2)cn1. The van der Waals surface area contributed by atoms with Crippen LogP contribution in [-0.4, -0.2) is 23.0 Å². The molecule has 0 bridgehead atoms. The average Bonchev–Trinajstić information content (AvgIpc) is 2.94. The number of hydrogen-bond donors (Lipinski definition) is 0. The van der Waals surface area contributed by atoms with Gasteiger partial charge in [0.2, 0.25) is 0 Å². The van der Waals surface area contributed by atoms with E-state index in [0.717, 1.165) is 34.5 Å². The zero-order valence-corrected chi connectivity index (χ0v) is 26.7. The van der Waals surface area contributed by atoms with Crippen molar-refractivity contribution in [3.05, 3.63) is 121 Å². The maximum atomic E-state index is 4.69. The van der Waals surface area contributed by atoms with Gasteiger partial charge < -0.3 is 15.0 Å². The Morgan fingerprint density at radius 3 is 2.05 bits per heavy atom. The minimum Gasteiger partial charge on any atom is -0.360 e. The summed E-state index contributed by atoms with van der Waals surface area (Å²) < 4.78 is 0. The van der Waals surface area contributed by atoms with Crippen LogP contribution in [0.1, 0.15) is 19.4 Å². The Labute approximate surface area is 248 Å².